The van der Waals surface area contributed by atoms with Gasteiger partial charge >= 0.3 is 0 Å². The first-order valence-electron chi connectivity index (χ1n) is 8.88. The quantitative estimate of drug-likeness (QED) is 0.584. The summed E-state index contributed by atoms with van der Waals surface area (Å²) in [4.78, 5) is 3.94. The Balaban J connectivity index is 1.37. The number of benzene rings is 2. The van der Waals surface area contributed by atoms with Gasteiger partial charge in [0.05, 0.1) is 18.1 Å². The predicted molar refractivity (Wildman–Crippen MR) is 101 cm³/mol. The van der Waals surface area contributed by atoms with Gasteiger partial charge in [-0.25, -0.2) is 9.37 Å². The molecule has 1 atom stereocenters. The first-order chi connectivity index (χ1) is 12.7. The van der Waals surface area contributed by atoms with Crippen molar-refractivity contribution in [1.29, 1.82) is 0 Å². The maximum Gasteiger partial charge on any atom is 0.147 e. The van der Waals surface area contributed by atoms with Crippen molar-refractivity contribution in [2.45, 2.75) is 26.0 Å². The summed E-state index contributed by atoms with van der Waals surface area (Å²) in [6.07, 6.45) is 5.96. The predicted octanol–water partition coefficient (Wildman–Crippen LogP) is 4.27. The van der Waals surface area contributed by atoms with Gasteiger partial charge in [-0.15, -0.1) is 0 Å². The fraction of sp³-hybridized carbons (Fsp3) is 0.286. The molecule has 0 saturated heterocycles. The van der Waals surface area contributed by atoms with Crippen LogP contribution in [-0.4, -0.2) is 22.7 Å². The Bertz CT molecular complexity index is 790. The molecule has 5 heteroatoms. The molecule has 0 aliphatic carbocycles. The molecule has 0 aliphatic heterocycles. The Hall–Kier alpha value is -2.50. The molecule has 3 rings (SSSR count). The van der Waals surface area contributed by atoms with Crippen LogP contribution in [0.15, 0.2) is 67.3 Å². The number of imidazole rings is 1. The zero-order valence-corrected chi connectivity index (χ0v) is 14.9. The molecular weight excluding hydrogens is 329 g/mol. The Labute approximate surface area is 153 Å². The topological polar surface area (TPSA) is 39.1 Å². The third-order valence-corrected chi connectivity index (χ3v) is 4.26. The maximum atomic E-state index is 14.2. The molecule has 0 radical (unpaired) electrons. The zero-order valence-electron chi connectivity index (χ0n) is 14.9. The lowest BCUT2D eigenvalue weighted by molar-refractivity contribution is 0.0640. The number of ether oxygens (including phenoxy) is 1. The summed E-state index contributed by atoms with van der Waals surface area (Å²) in [6.45, 7) is 4.21. The molecule has 26 heavy (non-hydrogen) atoms. The molecule has 1 N–H and O–H groups in total. The van der Waals surface area contributed by atoms with Crippen molar-refractivity contribution >= 4 is 0 Å². The molecule has 0 amide bonds. The van der Waals surface area contributed by atoms with Crippen LogP contribution in [-0.2, 0) is 11.3 Å². The van der Waals surface area contributed by atoms with E-state index in [1.807, 2.05) is 24.3 Å². The summed E-state index contributed by atoms with van der Waals surface area (Å²) in [5.74, 6) is -0.248. The Kier molecular flexibility index (Phi) is 6.52. The smallest absolute Gasteiger partial charge is 0.147 e. The number of nitrogens with zero attached hydrogens (tertiary/aromatic N) is 2. The molecule has 0 saturated carbocycles. The second kappa shape index (κ2) is 9.27. The van der Waals surface area contributed by atoms with E-state index in [2.05, 4.69) is 29.4 Å². The van der Waals surface area contributed by atoms with Gasteiger partial charge in [0.1, 0.15) is 5.82 Å². The lowest BCUT2D eigenvalue weighted by Gasteiger charge is -2.13. The number of halogens is 1. The highest BCUT2D eigenvalue weighted by Gasteiger charge is 2.06. The summed E-state index contributed by atoms with van der Waals surface area (Å²) in [6, 6.07) is 15.5. The molecular formula is C21H24FN3O. The van der Waals surface area contributed by atoms with E-state index in [4.69, 9.17) is 4.74 Å². The van der Waals surface area contributed by atoms with E-state index < -0.39 is 0 Å². The van der Waals surface area contributed by atoms with Crippen LogP contribution >= 0.6 is 0 Å². The minimum absolute atomic E-state index is 0.0982. The van der Waals surface area contributed by atoms with Gasteiger partial charge in [0.15, 0.2) is 0 Å². The van der Waals surface area contributed by atoms with Gasteiger partial charge in [0.25, 0.3) is 0 Å². The van der Waals surface area contributed by atoms with Crippen LogP contribution in [0.3, 0.4) is 0 Å². The van der Waals surface area contributed by atoms with Crippen molar-refractivity contribution in [3.63, 3.8) is 0 Å². The minimum Gasteiger partial charge on any atom is -0.374 e. The van der Waals surface area contributed by atoms with Gasteiger partial charge in [-0.05, 0) is 43.1 Å². The first kappa shape index (κ1) is 18.3. The Morgan fingerprint density at radius 2 is 2.04 bits per heavy atom. The van der Waals surface area contributed by atoms with Crippen LogP contribution in [0.2, 0.25) is 0 Å². The van der Waals surface area contributed by atoms with Gasteiger partial charge in [0, 0.05) is 25.5 Å². The van der Waals surface area contributed by atoms with Crippen molar-refractivity contribution in [1.82, 2.24) is 14.9 Å². The van der Waals surface area contributed by atoms with Crippen molar-refractivity contribution in [2.24, 2.45) is 0 Å². The number of aromatic nitrogens is 2. The van der Waals surface area contributed by atoms with Crippen LogP contribution in [0.25, 0.3) is 5.69 Å². The molecule has 0 fully saturated rings. The van der Waals surface area contributed by atoms with E-state index in [1.54, 1.807) is 35.4 Å². The molecule has 0 spiro atoms. The summed E-state index contributed by atoms with van der Waals surface area (Å²) in [5, 5.41) is 3.33. The van der Waals surface area contributed by atoms with Crippen LogP contribution in [0.4, 0.5) is 4.39 Å². The van der Waals surface area contributed by atoms with Crippen molar-refractivity contribution in [3.05, 3.63) is 84.2 Å². The minimum atomic E-state index is -0.248. The number of nitrogens with one attached hydrogen (secondary N) is 1. The van der Waals surface area contributed by atoms with Gasteiger partial charge in [0.2, 0.25) is 0 Å². The van der Waals surface area contributed by atoms with E-state index in [-0.39, 0.29) is 11.9 Å². The van der Waals surface area contributed by atoms with Crippen LogP contribution in [0, 0.1) is 5.82 Å². The third-order valence-electron chi connectivity index (χ3n) is 4.26. The normalized spacial score (nSPS) is 12.2. The van der Waals surface area contributed by atoms with E-state index in [0.29, 0.717) is 18.8 Å². The Morgan fingerprint density at radius 1 is 1.19 bits per heavy atom. The van der Waals surface area contributed by atoms with E-state index in [9.17, 15) is 4.39 Å². The molecule has 136 valence electrons. The average Bonchev–Trinajstić information content (AvgIpc) is 3.19. The molecule has 2 aromatic carbocycles. The molecule has 3 aromatic rings. The molecule has 0 aliphatic rings. The van der Waals surface area contributed by atoms with E-state index in [1.165, 1.54) is 5.56 Å². The average molecular weight is 353 g/mol. The zero-order chi connectivity index (χ0) is 18.2. The Morgan fingerprint density at radius 3 is 2.77 bits per heavy atom. The summed E-state index contributed by atoms with van der Waals surface area (Å²) in [5.41, 5.74) is 2.62. The van der Waals surface area contributed by atoms with Gasteiger partial charge < -0.3 is 14.6 Å². The molecule has 1 unspecified atom stereocenters. The van der Waals surface area contributed by atoms with E-state index in [0.717, 1.165) is 18.5 Å². The fourth-order valence-corrected chi connectivity index (χ4v) is 2.78. The number of rotatable bonds is 9. The highest BCUT2D eigenvalue weighted by Crippen LogP contribution is 2.16. The molecule has 0 bridgehead atoms. The first-order valence-corrected chi connectivity index (χ1v) is 8.88. The fourth-order valence-electron chi connectivity index (χ4n) is 2.78. The van der Waals surface area contributed by atoms with Crippen LogP contribution < -0.4 is 5.32 Å². The van der Waals surface area contributed by atoms with Crippen molar-refractivity contribution in [3.8, 4) is 5.69 Å². The standard InChI is InChI=1S/C21H24FN3O/c1-17(19-6-3-2-4-7-19)26-13-5-10-23-15-18-8-9-21(20(22)14-18)25-12-11-24-16-25/h2-4,6-9,11-12,14,16-17,23H,5,10,13,15H2,1H3. The second-order valence-electron chi connectivity index (χ2n) is 6.21. The van der Waals surface area contributed by atoms with Crippen molar-refractivity contribution in [2.75, 3.05) is 13.2 Å². The summed E-state index contributed by atoms with van der Waals surface area (Å²) >= 11 is 0. The largest absolute Gasteiger partial charge is 0.374 e. The number of hydrogen-bond donors (Lipinski definition) is 1. The van der Waals surface area contributed by atoms with E-state index >= 15 is 0 Å². The van der Waals surface area contributed by atoms with Crippen LogP contribution in [0.1, 0.15) is 30.6 Å². The van der Waals surface area contributed by atoms with Gasteiger partial charge in [-0.2, -0.15) is 0 Å². The maximum absolute atomic E-state index is 14.2. The van der Waals surface area contributed by atoms with Gasteiger partial charge in [-0.3, -0.25) is 0 Å². The lowest BCUT2D eigenvalue weighted by atomic mass is 10.1. The molecule has 4 nitrogen and oxygen atoms in total. The highest BCUT2D eigenvalue weighted by atomic mass is 19.1. The third kappa shape index (κ3) is 5.00. The van der Waals surface area contributed by atoms with Gasteiger partial charge in [-0.1, -0.05) is 36.4 Å². The van der Waals surface area contributed by atoms with Crippen molar-refractivity contribution < 1.29 is 9.13 Å². The SMILES string of the molecule is CC(OCCCNCc1ccc(-n2ccnc2)c(F)c1)c1ccccc1. The monoisotopic (exact) mass is 353 g/mol. The number of hydrogen-bond acceptors (Lipinski definition) is 3. The molecule has 1 aromatic heterocycles. The highest BCUT2D eigenvalue weighted by molar-refractivity contribution is 5.36. The van der Waals surface area contributed by atoms with Crippen LogP contribution in [0.5, 0.6) is 0 Å². The summed E-state index contributed by atoms with van der Waals surface area (Å²) < 4.78 is 21.7. The lowest BCUT2D eigenvalue weighted by Crippen LogP contribution is -2.17. The summed E-state index contributed by atoms with van der Waals surface area (Å²) in [7, 11) is 0. The second-order valence-corrected chi connectivity index (χ2v) is 6.21. The molecule has 1 heterocycles.